The highest BCUT2D eigenvalue weighted by atomic mass is 16.2. The summed E-state index contributed by atoms with van der Waals surface area (Å²) in [6.45, 7) is 4.41. The van der Waals surface area contributed by atoms with Crippen LogP contribution in [0, 0.1) is 5.41 Å². The summed E-state index contributed by atoms with van der Waals surface area (Å²) in [6, 6.07) is 6.29. The fraction of sp³-hybridized carbons (Fsp3) is 0.571. The molecule has 1 aromatic heterocycles. The van der Waals surface area contributed by atoms with Gasteiger partial charge in [-0.05, 0) is 43.7 Å². The van der Waals surface area contributed by atoms with E-state index in [1.165, 1.54) is 24.9 Å². The van der Waals surface area contributed by atoms with Crippen LogP contribution >= 0.6 is 0 Å². The highest BCUT2D eigenvalue weighted by Crippen LogP contribution is 2.40. The molecule has 148 valence electrons. The van der Waals surface area contributed by atoms with Gasteiger partial charge in [0.1, 0.15) is 0 Å². The Kier molecular flexibility index (Phi) is 4.16. The van der Waals surface area contributed by atoms with E-state index in [0.29, 0.717) is 18.3 Å². The number of hydrogen-bond acceptors (Lipinski definition) is 5. The highest BCUT2D eigenvalue weighted by molar-refractivity contribution is 6.03. The lowest BCUT2D eigenvalue weighted by Gasteiger charge is -2.40. The summed E-state index contributed by atoms with van der Waals surface area (Å²) < 4.78 is 1.91. The minimum atomic E-state index is -0.356. The van der Waals surface area contributed by atoms with Crippen molar-refractivity contribution in [2.75, 3.05) is 31.1 Å². The van der Waals surface area contributed by atoms with E-state index in [4.69, 9.17) is 5.10 Å². The lowest BCUT2D eigenvalue weighted by atomic mass is 9.77. The van der Waals surface area contributed by atoms with Gasteiger partial charge >= 0.3 is 0 Å². The molecule has 0 radical (unpaired) electrons. The van der Waals surface area contributed by atoms with Gasteiger partial charge in [0.25, 0.3) is 0 Å². The number of carbonyl (C=O) groups is 2. The van der Waals surface area contributed by atoms with Gasteiger partial charge in [-0.15, -0.1) is 0 Å². The first-order valence-electron chi connectivity index (χ1n) is 10.3. The number of amides is 2. The Balaban J connectivity index is 1.47. The van der Waals surface area contributed by atoms with Crippen molar-refractivity contribution in [1.82, 2.24) is 20.4 Å². The molecular weight excluding hydrogens is 354 g/mol. The predicted molar refractivity (Wildman–Crippen MR) is 107 cm³/mol. The molecule has 4 heterocycles. The SMILES string of the molecule is Cn1nc(C2CCC(=O)NC2=O)c2cccc(N3CCC4(CCNC4)CC3)c21. The van der Waals surface area contributed by atoms with Crippen LogP contribution in [0.1, 0.15) is 43.7 Å². The van der Waals surface area contributed by atoms with Crippen molar-refractivity contribution < 1.29 is 9.59 Å². The standard InChI is InChI=1S/C21H27N5O2/c1-25-19-14(18(24-25)15-5-6-17(27)23-20(15)28)3-2-4-16(19)26-11-8-21(9-12-26)7-10-22-13-21/h2-4,15,22H,5-13H2,1H3,(H,23,27,28). The fourth-order valence-corrected chi connectivity index (χ4v) is 5.25. The number of aryl methyl sites for hydroxylation is 1. The summed E-state index contributed by atoms with van der Waals surface area (Å²) in [5.41, 5.74) is 3.56. The van der Waals surface area contributed by atoms with Gasteiger partial charge in [-0.25, -0.2) is 0 Å². The maximum absolute atomic E-state index is 12.4. The van der Waals surface area contributed by atoms with Crippen LogP contribution in [0.25, 0.3) is 10.9 Å². The quantitative estimate of drug-likeness (QED) is 0.774. The molecule has 1 atom stereocenters. The van der Waals surface area contributed by atoms with Crippen molar-refractivity contribution in [3.05, 3.63) is 23.9 Å². The van der Waals surface area contributed by atoms with Gasteiger partial charge in [0, 0.05) is 38.5 Å². The zero-order valence-electron chi connectivity index (χ0n) is 16.3. The molecule has 0 bridgehead atoms. The Bertz CT molecular complexity index is 934. The van der Waals surface area contributed by atoms with Crippen molar-refractivity contribution >= 4 is 28.4 Å². The number of piperidine rings is 2. The minimum Gasteiger partial charge on any atom is -0.370 e. The van der Waals surface area contributed by atoms with E-state index in [0.717, 1.165) is 42.8 Å². The van der Waals surface area contributed by atoms with Gasteiger partial charge in [-0.3, -0.25) is 19.6 Å². The lowest BCUT2D eigenvalue weighted by Crippen LogP contribution is -2.41. The molecule has 1 spiro atoms. The normalized spacial score (nSPS) is 24.9. The molecule has 7 heteroatoms. The topological polar surface area (TPSA) is 79.3 Å². The van der Waals surface area contributed by atoms with Gasteiger partial charge in [0.05, 0.1) is 22.8 Å². The van der Waals surface area contributed by atoms with Crippen LogP contribution < -0.4 is 15.5 Å². The summed E-state index contributed by atoms with van der Waals surface area (Å²) in [5.74, 6) is -0.771. The van der Waals surface area contributed by atoms with E-state index in [9.17, 15) is 9.59 Å². The Morgan fingerprint density at radius 2 is 2.00 bits per heavy atom. The molecule has 1 aromatic carbocycles. The van der Waals surface area contributed by atoms with Gasteiger partial charge in [0.15, 0.2) is 0 Å². The Labute approximate surface area is 164 Å². The Hall–Kier alpha value is -2.41. The summed E-state index contributed by atoms with van der Waals surface area (Å²) in [6.07, 6.45) is 4.62. The fourth-order valence-electron chi connectivity index (χ4n) is 5.25. The number of para-hydroxylation sites is 1. The average molecular weight is 381 g/mol. The summed E-state index contributed by atoms with van der Waals surface area (Å²) in [7, 11) is 1.95. The first kappa shape index (κ1) is 17.7. The number of imide groups is 1. The molecule has 2 aromatic rings. The number of rotatable bonds is 2. The van der Waals surface area contributed by atoms with E-state index < -0.39 is 0 Å². The number of nitrogens with zero attached hydrogens (tertiary/aromatic N) is 3. The predicted octanol–water partition coefficient (Wildman–Crippen LogP) is 1.67. The molecule has 0 saturated carbocycles. The largest absolute Gasteiger partial charge is 0.370 e. The minimum absolute atomic E-state index is 0.189. The second kappa shape index (κ2) is 6.58. The number of benzene rings is 1. The maximum atomic E-state index is 12.4. The molecular formula is C21H27N5O2. The molecule has 2 N–H and O–H groups in total. The zero-order chi connectivity index (χ0) is 19.3. The van der Waals surface area contributed by atoms with Crippen LogP contribution in [0.3, 0.4) is 0 Å². The number of nitrogens with one attached hydrogen (secondary N) is 2. The van der Waals surface area contributed by atoms with E-state index in [2.05, 4.69) is 33.7 Å². The van der Waals surface area contributed by atoms with Crippen LogP contribution in [-0.2, 0) is 16.6 Å². The first-order valence-corrected chi connectivity index (χ1v) is 10.3. The molecule has 3 aliphatic rings. The Morgan fingerprint density at radius 1 is 1.18 bits per heavy atom. The summed E-state index contributed by atoms with van der Waals surface area (Å²) >= 11 is 0. The number of fused-ring (bicyclic) bond motifs is 1. The van der Waals surface area contributed by atoms with E-state index >= 15 is 0 Å². The molecule has 3 aliphatic heterocycles. The molecule has 5 rings (SSSR count). The van der Waals surface area contributed by atoms with Crippen LogP contribution in [0.5, 0.6) is 0 Å². The number of hydrogen-bond donors (Lipinski definition) is 2. The highest BCUT2D eigenvalue weighted by Gasteiger charge is 2.38. The van der Waals surface area contributed by atoms with E-state index in [1.807, 2.05) is 11.7 Å². The van der Waals surface area contributed by atoms with Gasteiger partial charge < -0.3 is 10.2 Å². The molecule has 0 aliphatic carbocycles. The first-order chi connectivity index (χ1) is 13.6. The van der Waals surface area contributed by atoms with E-state index in [1.54, 1.807) is 0 Å². The van der Waals surface area contributed by atoms with Crippen molar-refractivity contribution in [2.45, 2.75) is 38.0 Å². The van der Waals surface area contributed by atoms with Crippen LogP contribution in [0.15, 0.2) is 18.2 Å². The van der Waals surface area contributed by atoms with Crippen LogP contribution in [-0.4, -0.2) is 47.8 Å². The van der Waals surface area contributed by atoms with Crippen molar-refractivity contribution in [3.8, 4) is 0 Å². The second-order valence-corrected chi connectivity index (χ2v) is 8.60. The number of anilines is 1. The van der Waals surface area contributed by atoms with Crippen LogP contribution in [0.4, 0.5) is 5.69 Å². The molecule has 3 fully saturated rings. The maximum Gasteiger partial charge on any atom is 0.235 e. The molecule has 1 unspecified atom stereocenters. The second-order valence-electron chi connectivity index (χ2n) is 8.60. The third-order valence-electron chi connectivity index (χ3n) is 6.94. The van der Waals surface area contributed by atoms with E-state index in [-0.39, 0.29) is 17.7 Å². The molecule has 3 saturated heterocycles. The van der Waals surface area contributed by atoms with Crippen LogP contribution in [0.2, 0.25) is 0 Å². The average Bonchev–Trinajstić information content (AvgIpc) is 3.28. The monoisotopic (exact) mass is 381 g/mol. The Morgan fingerprint density at radius 3 is 2.71 bits per heavy atom. The smallest absolute Gasteiger partial charge is 0.235 e. The van der Waals surface area contributed by atoms with Crippen molar-refractivity contribution in [3.63, 3.8) is 0 Å². The number of carbonyl (C=O) groups excluding carboxylic acids is 2. The third-order valence-corrected chi connectivity index (χ3v) is 6.94. The van der Waals surface area contributed by atoms with Crippen molar-refractivity contribution in [2.24, 2.45) is 12.5 Å². The zero-order valence-corrected chi connectivity index (χ0v) is 16.3. The summed E-state index contributed by atoms with van der Waals surface area (Å²) in [4.78, 5) is 26.4. The third kappa shape index (κ3) is 2.80. The molecule has 2 amide bonds. The summed E-state index contributed by atoms with van der Waals surface area (Å²) in [5, 5.41) is 11.7. The van der Waals surface area contributed by atoms with Gasteiger partial charge in [0.2, 0.25) is 11.8 Å². The number of aromatic nitrogens is 2. The molecule has 7 nitrogen and oxygen atoms in total. The lowest BCUT2D eigenvalue weighted by molar-refractivity contribution is -0.134. The van der Waals surface area contributed by atoms with Gasteiger partial charge in [-0.2, -0.15) is 5.10 Å². The van der Waals surface area contributed by atoms with Crippen molar-refractivity contribution in [1.29, 1.82) is 0 Å². The molecule has 28 heavy (non-hydrogen) atoms. The van der Waals surface area contributed by atoms with Gasteiger partial charge in [-0.1, -0.05) is 12.1 Å².